The zero-order valence-electron chi connectivity index (χ0n) is 15.5. The summed E-state index contributed by atoms with van der Waals surface area (Å²) in [6, 6.07) is 4.44. The summed E-state index contributed by atoms with van der Waals surface area (Å²) in [6.07, 6.45) is -1.80. The molecule has 2 aromatic rings. The monoisotopic (exact) mass is 443 g/mol. The number of nitro benzene ring substituents is 1. The SMILES string of the molecule is Cc1cn([C@H]2C[C@H](O)[C@@H](COP(=O)(O)Oc3ccc([N+](=O)[O-])cc3)O2)c(=O)[nH]c1=O. The van der Waals surface area contributed by atoms with Gasteiger partial charge < -0.3 is 14.4 Å². The Bertz CT molecular complexity index is 1100. The van der Waals surface area contributed by atoms with E-state index in [2.05, 4.69) is 4.98 Å². The number of aliphatic hydroxyl groups excluding tert-OH is 1. The number of nitro groups is 1. The third kappa shape index (κ3) is 5.01. The highest BCUT2D eigenvalue weighted by atomic mass is 31.2. The van der Waals surface area contributed by atoms with Crippen molar-refractivity contribution >= 4 is 13.5 Å². The fourth-order valence-electron chi connectivity index (χ4n) is 2.79. The molecular formula is C16H18N3O10P. The summed E-state index contributed by atoms with van der Waals surface area (Å²) in [6.45, 7) is 0.966. The first-order valence-electron chi connectivity index (χ1n) is 8.63. The summed E-state index contributed by atoms with van der Waals surface area (Å²) in [5.74, 6) is -0.132. The van der Waals surface area contributed by atoms with E-state index in [-0.39, 0.29) is 23.4 Å². The van der Waals surface area contributed by atoms with Gasteiger partial charge in [0, 0.05) is 30.3 Å². The molecule has 1 fully saturated rings. The molecule has 162 valence electrons. The van der Waals surface area contributed by atoms with E-state index in [1.165, 1.54) is 13.1 Å². The molecule has 30 heavy (non-hydrogen) atoms. The number of nitrogens with one attached hydrogen (secondary N) is 1. The van der Waals surface area contributed by atoms with E-state index in [1.807, 2.05) is 0 Å². The topological polar surface area (TPSA) is 183 Å². The number of phosphoric ester groups is 1. The van der Waals surface area contributed by atoms with Crippen LogP contribution in [0.5, 0.6) is 5.75 Å². The smallest absolute Gasteiger partial charge is 0.404 e. The zero-order valence-corrected chi connectivity index (χ0v) is 16.4. The number of H-pyrrole nitrogens is 1. The lowest BCUT2D eigenvalue weighted by Crippen LogP contribution is -2.33. The molecule has 14 heteroatoms. The van der Waals surface area contributed by atoms with Crippen LogP contribution in [-0.4, -0.2) is 43.3 Å². The number of hydrogen-bond acceptors (Lipinski definition) is 9. The van der Waals surface area contributed by atoms with Crippen molar-refractivity contribution in [2.24, 2.45) is 0 Å². The Kier molecular flexibility index (Phi) is 6.19. The van der Waals surface area contributed by atoms with Gasteiger partial charge in [-0.05, 0) is 19.1 Å². The van der Waals surface area contributed by atoms with Gasteiger partial charge in [0.2, 0.25) is 0 Å². The van der Waals surface area contributed by atoms with Gasteiger partial charge in [0.15, 0.2) is 0 Å². The molecule has 3 rings (SSSR count). The van der Waals surface area contributed by atoms with Gasteiger partial charge in [-0.1, -0.05) is 0 Å². The number of ether oxygens (including phenoxy) is 1. The normalized spacial score (nSPS) is 23.1. The first-order chi connectivity index (χ1) is 14.1. The molecule has 1 saturated heterocycles. The quantitative estimate of drug-likeness (QED) is 0.311. The number of benzene rings is 1. The summed E-state index contributed by atoms with van der Waals surface area (Å²) in [4.78, 5) is 45.4. The second-order valence-electron chi connectivity index (χ2n) is 6.52. The number of aromatic nitrogens is 2. The molecule has 0 bridgehead atoms. The summed E-state index contributed by atoms with van der Waals surface area (Å²) < 4.78 is 28.4. The Balaban J connectivity index is 1.62. The van der Waals surface area contributed by atoms with Crippen molar-refractivity contribution in [3.05, 3.63) is 67.0 Å². The second-order valence-corrected chi connectivity index (χ2v) is 7.90. The summed E-state index contributed by atoms with van der Waals surface area (Å²) in [5.41, 5.74) is -1.22. The van der Waals surface area contributed by atoms with Gasteiger partial charge in [-0.25, -0.2) is 9.36 Å². The van der Waals surface area contributed by atoms with Crippen LogP contribution in [0.1, 0.15) is 18.2 Å². The molecule has 1 unspecified atom stereocenters. The van der Waals surface area contributed by atoms with Crippen LogP contribution < -0.4 is 15.8 Å². The maximum atomic E-state index is 12.1. The van der Waals surface area contributed by atoms with Crippen LogP contribution in [0.3, 0.4) is 0 Å². The van der Waals surface area contributed by atoms with Crippen LogP contribution in [0.15, 0.2) is 40.1 Å². The zero-order chi connectivity index (χ0) is 22.1. The van der Waals surface area contributed by atoms with Crippen molar-refractivity contribution < 1.29 is 33.3 Å². The molecule has 1 aromatic heterocycles. The summed E-state index contributed by atoms with van der Waals surface area (Å²) in [7, 11) is -4.62. The fourth-order valence-corrected chi connectivity index (χ4v) is 3.57. The molecule has 1 aromatic carbocycles. The Morgan fingerprint density at radius 3 is 2.67 bits per heavy atom. The Hall–Kier alpha value is -2.83. The van der Waals surface area contributed by atoms with E-state index in [0.717, 1.165) is 28.8 Å². The van der Waals surface area contributed by atoms with Crippen LogP contribution in [0.25, 0.3) is 0 Å². The molecule has 3 N–H and O–H groups in total. The van der Waals surface area contributed by atoms with Crippen molar-refractivity contribution in [2.75, 3.05) is 6.61 Å². The fraction of sp³-hybridized carbons (Fsp3) is 0.375. The van der Waals surface area contributed by atoms with E-state index >= 15 is 0 Å². The number of aliphatic hydroxyl groups is 1. The van der Waals surface area contributed by atoms with Crippen LogP contribution in [0, 0.1) is 17.0 Å². The molecule has 1 aliphatic heterocycles. The number of aryl methyl sites for hydroxylation is 1. The molecule has 1 aliphatic rings. The summed E-state index contributed by atoms with van der Waals surface area (Å²) >= 11 is 0. The maximum absolute atomic E-state index is 12.1. The molecule has 0 saturated carbocycles. The molecule has 13 nitrogen and oxygen atoms in total. The van der Waals surface area contributed by atoms with E-state index < -0.39 is 49.0 Å². The number of non-ortho nitro benzene ring substituents is 1. The maximum Gasteiger partial charge on any atom is 0.527 e. The molecule has 2 heterocycles. The van der Waals surface area contributed by atoms with Gasteiger partial charge in [-0.2, -0.15) is 0 Å². The van der Waals surface area contributed by atoms with Gasteiger partial charge in [0.1, 0.15) is 18.1 Å². The lowest BCUT2D eigenvalue weighted by molar-refractivity contribution is -0.384. The molecular weight excluding hydrogens is 425 g/mol. The van der Waals surface area contributed by atoms with Crippen LogP contribution in [-0.2, 0) is 13.8 Å². The van der Waals surface area contributed by atoms with Gasteiger partial charge in [-0.3, -0.25) is 33.9 Å². The van der Waals surface area contributed by atoms with Crippen molar-refractivity contribution in [2.45, 2.75) is 31.8 Å². The number of phosphoric acid groups is 1. The molecule has 0 aliphatic carbocycles. The van der Waals surface area contributed by atoms with Gasteiger partial charge in [0.05, 0.1) is 17.6 Å². The van der Waals surface area contributed by atoms with Crippen molar-refractivity contribution in [1.29, 1.82) is 0 Å². The number of nitrogens with zero attached hydrogens (tertiary/aromatic N) is 2. The second kappa shape index (κ2) is 8.50. The highest BCUT2D eigenvalue weighted by Gasteiger charge is 2.38. The average molecular weight is 443 g/mol. The number of hydrogen-bond donors (Lipinski definition) is 3. The molecule has 4 atom stereocenters. The summed E-state index contributed by atoms with van der Waals surface area (Å²) in [5, 5.41) is 20.8. The third-order valence-corrected chi connectivity index (χ3v) is 5.25. The van der Waals surface area contributed by atoms with Gasteiger partial charge in [0.25, 0.3) is 11.2 Å². The molecule has 0 radical (unpaired) electrons. The largest absolute Gasteiger partial charge is 0.527 e. The highest BCUT2D eigenvalue weighted by Crippen LogP contribution is 2.45. The standard InChI is InChI=1S/C16H18N3O10P/c1-9-7-18(16(22)17-15(9)21)14-6-12(20)13(28-14)8-27-30(25,26)29-11-4-2-10(3-5-11)19(23)24/h2-5,7,12-14,20H,6,8H2,1H3,(H,25,26)(H,17,21,22)/t12-,13+,14+/m0/s1. The van der Waals surface area contributed by atoms with E-state index in [1.54, 1.807) is 0 Å². The molecule has 0 amide bonds. The Morgan fingerprint density at radius 1 is 1.37 bits per heavy atom. The minimum atomic E-state index is -4.62. The van der Waals surface area contributed by atoms with E-state index in [4.69, 9.17) is 13.8 Å². The van der Waals surface area contributed by atoms with Crippen molar-refractivity contribution in [3.8, 4) is 5.75 Å². The lowest BCUT2D eigenvalue weighted by Gasteiger charge is -2.18. The highest BCUT2D eigenvalue weighted by molar-refractivity contribution is 7.47. The van der Waals surface area contributed by atoms with Gasteiger partial charge in [-0.15, -0.1) is 0 Å². The third-order valence-electron chi connectivity index (χ3n) is 4.33. The van der Waals surface area contributed by atoms with Crippen LogP contribution >= 0.6 is 7.82 Å². The van der Waals surface area contributed by atoms with E-state index in [0.29, 0.717) is 0 Å². The lowest BCUT2D eigenvalue weighted by atomic mass is 10.2. The predicted molar refractivity (Wildman–Crippen MR) is 100 cm³/mol. The first kappa shape index (κ1) is 21.9. The van der Waals surface area contributed by atoms with Gasteiger partial charge >= 0.3 is 13.5 Å². The number of aromatic amines is 1. The van der Waals surface area contributed by atoms with Crippen molar-refractivity contribution in [3.63, 3.8) is 0 Å². The number of rotatable bonds is 7. The predicted octanol–water partition coefficient (Wildman–Crippen LogP) is 0.598. The first-order valence-corrected chi connectivity index (χ1v) is 10.1. The average Bonchev–Trinajstić information content (AvgIpc) is 3.03. The van der Waals surface area contributed by atoms with Crippen LogP contribution in [0.2, 0.25) is 0 Å². The van der Waals surface area contributed by atoms with E-state index in [9.17, 15) is 34.3 Å². The Morgan fingerprint density at radius 2 is 2.03 bits per heavy atom. The minimum Gasteiger partial charge on any atom is -0.404 e. The minimum absolute atomic E-state index is 0.0155. The van der Waals surface area contributed by atoms with Crippen molar-refractivity contribution in [1.82, 2.24) is 9.55 Å². The Labute approximate surface area is 168 Å². The van der Waals surface area contributed by atoms with Crippen LogP contribution in [0.4, 0.5) is 5.69 Å². The molecule has 0 spiro atoms.